The van der Waals surface area contributed by atoms with Gasteiger partial charge in [-0.2, -0.15) is 0 Å². The van der Waals surface area contributed by atoms with Gasteiger partial charge in [-0.25, -0.2) is 4.98 Å². The highest BCUT2D eigenvalue weighted by atomic mass is 32.1. The Kier molecular flexibility index (Phi) is 5.71. The fourth-order valence-electron chi connectivity index (χ4n) is 2.98. The first-order valence-corrected chi connectivity index (χ1v) is 9.43. The zero-order valence-electron chi connectivity index (χ0n) is 15.1. The Bertz CT molecular complexity index is 699. The highest BCUT2D eigenvalue weighted by molar-refractivity contribution is 7.11. The number of rotatable bonds is 5. The van der Waals surface area contributed by atoms with Gasteiger partial charge in [0.25, 0.3) is 0 Å². The number of hydrogen-bond acceptors (Lipinski definition) is 5. The summed E-state index contributed by atoms with van der Waals surface area (Å²) in [5, 5.41) is 1.17. The smallest absolute Gasteiger partial charge is 0.227 e. The van der Waals surface area contributed by atoms with Crippen molar-refractivity contribution in [2.45, 2.75) is 26.8 Å². The molecule has 1 aliphatic heterocycles. The van der Waals surface area contributed by atoms with E-state index in [1.165, 1.54) is 9.88 Å². The van der Waals surface area contributed by atoms with Gasteiger partial charge in [0.15, 0.2) is 0 Å². The van der Waals surface area contributed by atoms with Gasteiger partial charge in [-0.1, -0.05) is 12.1 Å². The van der Waals surface area contributed by atoms with Crippen LogP contribution >= 0.6 is 11.3 Å². The Morgan fingerprint density at radius 1 is 1.16 bits per heavy atom. The van der Waals surface area contributed by atoms with E-state index in [0.717, 1.165) is 49.7 Å². The lowest BCUT2D eigenvalue weighted by Gasteiger charge is -2.34. The van der Waals surface area contributed by atoms with E-state index in [9.17, 15) is 4.79 Å². The van der Waals surface area contributed by atoms with Gasteiger partial charge >= 0.3 is 0 Å². The number of carbonyl (C=O) groups is 1. The largest absolute Gasteiger partial charge is 0.497 e. The van der Waals surface area contributed by atoms with Crippen LogP contribution in [-0.4, -0.2) is 54.0 Å². The number of hydrogen-bond donors (Lipinski definition) is 0. The number of aryl methyl sites for hydroxylation is 2. The lowest BCUT2D eigenvalue weighted by molar-refractivity contribution is -0.132. The number of ether oxygens (including phenoxy) is 1. The molecule has 2 heterocycles. The van der Waals surface area contributed by atoms with E-state index in [1.807, 2.05) is 29.2 Å². The molecule has 25 heavy (non-hydrogen) atoms. The number of aromatic nitrogens is 1. The van der Waals surface area contributed by atoms with E-state index in [1.54, 1.807) is 18.4 Å². The van der Waals surface area contributed by atoms with Crippen molar-refractivity contribution < 1.29 is 9.53 Å². The molecule has 0 unspecified atom stereocenters. The molecule has 1 amide bonds. The fraction of sp³-hybridized carbons (Fsp3) is 0.474. The third kappa shape index (κ3) is 4.58. The average molecular weight is 359 g/mol. The van der Waals surface area contributed by atoms with Crippen LogP contribution in [0.3, 0.4) is 0 Å². The summed E-state index contributed by atoms with van der Waals surface area (Å²) in [6.07, 6.45) is 0.453. The molecule has 1 saturated heterocycles. The van der Waals surface area contributed by atoms with Crippen molar-refractivity contribution in [2.24, 2.45) is 0 Å². The molecule has 0 aliphatic carbocycles. The lowest BCUT2D eigenvalue weighted by atomic mass is 10.1. The van der Waals surface area contributed by atoms with Crippen molar-refractivity contribution in [3.63, 3.8) is 0 Å². The number of thiazole rings is 1. The van der Waals surface area contributed by atoms with Crippen LogP contribution in [0.15, 0.2) is 24.3 Å². The number of piperazine rings is 1. The number of benzene rings is 1. The van der Waals surface area contributed by atoms with Crippen LogP contribution in [0.1, 0.15) is 21.1 Å². The molecular weight excluding hydrogens is 334 g/mol. The summed E-state index contributed by atoms with van der Waals surface area (Å²) in [4.78, 5) is 22.8. The van der Waals surface area contributed by atoms with Crippen LogP contribution in [0.2, 0.25) is 0 Å². The molecule has 1 aromatic heterocycles. The Morgan fingerprint density at radius 3 is 2.40 bits per heavy atom. The van der Waals surface area contributed by atoms with E-state index in [-0.39, 0.29) is 5.91 Å². The van der Waals surface area contributed by atoms with Gasteiger partial charge in [0.1, 0.15) is 10.8 Å². The van der Waals surface area contributed by atoms with Gasteiger partial charge in [-0.05, 0) is 31.5 Å². The van der Waals surface area contributed by atoms with Gasteiger partial charge in [0, 0.05) is 31.1 Å². The summed E-state index contributed by atoms with van der Waals surface area (Å²) in [5.74, 6) is 1.02. The number of amides is 1. The summed E-state index contributed by atoms with van der Waals surface area (Å²) >= 11 is 1.78. The van der Waals surface area contributed by atoms with Gasteiger partial charge < -0.3 is 9.64 Å². The molecule has 0 bridgehead atoms. The molecule has 1 aliphatic rings. The molecule has 0 N–H and O–H groups in total. The second-order valence-corrected chi connectivity index (χ2v) is 7.72. The molecule has 1 fully saturated rings. The zero-order valence-corrected chi connectivity index (χ0v) is 15.9. The van der Waals surface area contributed by atoms with Crippen LogP contribution in [0.5, 0.6) is 5.75 Å². The predicted octanol–water partition coefficient (Wildman–Crippen LogP) is 2.66. The van der Waals surface area contributed by atoms with Gasteiger partial charge in [0.2, 0.25) is 5.91 Å². The Balaban J connectivity index is 1.48. The third-order valence-corrected chi connectivity index (χ3v) is 5.73. The lowest BCUT2D eigenvalue weighted by Crippen LogP contribution is -2.48. The number of carbonyl (C=O) groups excluding carboxylic acids is 1. The molecule has 6 heteroatoms. The standard InChI is InChI=1S/C19H25N3O2S/c1-14-15(2)25-18(20-14)13-21-8-10-22(11-9-21)19(23)12-16-4-6-17(24-3)7-5-16/h4-7H,8-13H2,1-3H3. The summed E-state index contributed by atoms with van der Waals surface area (Å²) in [7, 11) is 1.65. The first kappa shape index (κ1) is 17.9. The highest BCUT2D eigenvalue weighted by Crippen LogP contribution is 2.19. The van der Waals surface area contributed by atoms with Crippen molar-refractivity contribution in [1.82, 2.24) is 14.8 Å². The van der Waals surface area contributed by atoms with Gasteiger partial charge in [-0.3, -0.25) is 9.69 Å². The number of nitrogens with zero attached hydrogens (tertiary/aromatic N) is 3. The van der Waals surface area contributed by atoms with E-state index >= 15 is 0 Å². The predicted molar refractivity (Wildman–Crippen MR) is 100 cm³/mol. The van der Waals surface area contributed by atoms with Crippen LogP contribution < -0.4 is 4.74 Å². The minimum absolute atomic E-state index is 0.200. The first-order valence-electron chi connectivity index (χ1n) is 8.61. The molecule has 134 valence electrons. The molecule has 3 rings (SSSR count). The molecule has 5 nitrogen and oxygen atoms in total. The summed E-state index contributed by atoms with van der Waals surface area (Å²) in [6.45, 7) is 8.46. The van der Waals surface area contributed by atoms with Crippen molar-refractivity contribution in [3.8, 4) is 5.75 Å². The second kappa shape index (κ2) is 7.97. The van der Waals surface area contributed by atoms with Crippen molar-refractivity contribution in [3.05, 3.63) is 45.4 Å². The van der Waals surface area contributed by atoms with E-state index in [0.29, 0.717) is 6.42 Å². The summed E-state index contributed by atoms with van der Waals surface area (Å²) < 4.78 is 5.15. The molecule has 2 aromatic rings. The van der Waals surface area contributed by atoms with Crippen LogP contribution in [-0.2, 0) is 17.8 Å². The molecule has 0 atom stereocenters. The van der Waals surface area contributed by atoms with Gasteiger partial charge in [0.05, 0.1) is 25.8 Å². The molecule has 0 spiro atoms. The van der Waals surface area contributed by atoms with E-state index < -0.39 is 0 Å². The first-order chi connectivity index (χ1) is 12.0. The maximum Gasteiger partial charge on any atom is 0.227 e. The SMILES string of the molecule is COc1ccc(CC(=O)N2CCN(Cc3nc(C)c(C)s3)CC2)cc1. The maximum atomic E-state index is 12.5. The second-order valence-electron chi connectivity index (χ2n) is 6.43. The Morgan fingerprint density at radius 2 is 1.84 bits per heavy atom. The fourth-order valence-corrected chi connectivity index (χ4v) is 3.96. The molecule has 1 aromatic carbocycles. The Hall–Kier alpha value is -1.92. The zero-order chi connectivity index (χ0) is 17.8. The normalized spacial score (nSPS) is 15.4. The highest BCUT2D eigenvalue weighted by Gasteiger charge is 2.22. The number of methoxy groups -OCH3 is 1. The minimum atomic E-state index is 0.200. The van der Waals surface area contributed by atoms with Crippen LogP contribution in [0.25, 0.3) is 0 Å². The summed E-state index contributed by atoms with van der Waals surface area (Å²) in [5.41, 5.74) is 2.16. The van der Waals surface area contributed by atoms with Crippen molar-refractivity contribution in [2.75, 3.05) is 33.3 Å². The van der Waals surface area contributed by atoms with Crippen molar-refractivity contribution in [1.29, 1.82) is 0 Å². The molecule has 0 saturated carbocycles. The topological polar surface area (TPSA) is 45.7 Å². The van der Waals surface area contributed by atoms with Crippen LogP contribution in [0, 0.1) is 13.8 Å². The van der Waals surface area contributed by atoms with Gasteiger partial charge in [-0.15, -0.1) is 11.3 Å². The average Bonchev–Trinajstić information content (AvgIpc) is 2.93. The summed E-state index contributed by atoms with van der Waals surface area (Å²) in [6, 6.07) is 7.72. The molecular formula is C19H25N3O2S. The van der Waals surface area contributed by atoms with E-state index in [4.69, 9.17) is 4.74 Å². The monoisotopic (exact) mass is 359 g/mol. The van der Waals surface area contributed by atoms with E-state index in [2.05, 4.69) is 23.7 Å². The third-order valence-electron chi connectivity index (χ3n) is 4.67. The quantitative estimate of drug-likeness (QED) is 0.823. The van der Waals surface area contributed by atoms with Crippen LogP contribution in [0.4, 0.5) is 0 Å². The van der Waals surface area contributed by atoms with Crippen molar-refractivity contribution >= 4 is 17.2 Å². The maximum absolute atomic E-state index is 12.5. The molecule has 0 radical (unpaired) electrons. The Labute approximate surface area is 153 Å². The minimum Gasteiger partial charge on any atom is -0.497 e.